The van der Waals surface area contributed by atoms with Crippen molar-refractivity contribution in [1.29, 1.82) is 0 Å². The lowest BCUT2D eigenvalue weighted by atomic mass is 10.0. The first kappa shape index (κ1) is 16.4. The molecule has 0 saturated heterocycles. The molecule has 3 rings (SSSR count). The smallest absolute Gasteiger partial charge is 0.255 e. The van der Waals surface area contributed by atoms with Gasteiger partial charge >= 0.3 is 0 Å². The number of hydrogen-bond acceptors (Lipinski definition) is 3. The second-order valence-corrected chi connectivity index (χ2v) is 7.12. The summed E-state index contributed by atoms with van der Waals surface area (Å²) >= 11 is 1.63. The van der Waals surface area contributed by atoms with E-state index in [9.17, 15) is 4.79 Å². The maximum absolute atomic E-state index is 12.3. The van der Waals surface area contributed by atoms with Crippen molar-refractivity contribution in [3.8, 4) is 11.3 Å². The van der Waals surface area contributed by atoms with Crippen molar-refractivity contribution in [2.45, 2.75) is 26.7 Å². The van der Waals surface area contributed by atoms with E-state index in [1.54, 1.807) is 11.3 Å². The molecule has 1 amide bonds. The third-order valence-corrected chi connectivity index (χ3v) is 4.67. The first-order chi connectivity index (χ1) is 11.5. The number of aromatic nitrogens is 1. The zero-order chi connectivity index (χ0) is 17.1. The summed E-state index contributed by atoms with van der Waals surface area (Å²) < 4.78 is 0. The molecule has 0 fully saturated rings. The lowest BCUT2D eigenvalue weighted by molar-refractivity contribution is 0.102. The molecule has 2 aromatic carbocycles. The SMILES string of the molecule is Cc1nc(-c2ccc(NC(=O)c3ccc(C(C)C)cc3)cc2)cs1. The lowest BCUT2D eigenvalue weighted by Gasteiger charge is -2.08. The van der Waals surface area contributed by atoms with Gasteiger partial charge < -0.3 is 5.32 Å². The van der Waals surface area contributed by atoms with Crippen LogP contribution in [-0.2, 0) is 0 Å². The Morgan fingerprint density at radius 2 is 1.71 bits per heavy atom. The minimum atomic E-state index is -0.0949. The molecule has 0 aliphatic rings. The van der Waals surface area contributed by atoms with Gasteiger partial charge in [-0.25, -0.2) is 4.98 Å². The Labute approximate surface area is 146 Å². The van der Waals surface area contributed by atoms with E-state index in [0.29, 0.717) is 11.5 Å². The Morgan fingerprint density at radius 1 is 1.04 bits per heavy atom. The van der Waals surface area contributed by atoms with E-state index < -0.39 is 0 Å². The zero-order valence-corrected chi connectivity index (χ0v) is 14.9. The van der Waals surface area contributed by atoms with E-state index in [4.69, 9.17) is 0 Å². The Balaban J connectivity index is 1.70. The maximum atomic E-state index is 12.3. The second kappa shape index (κ2) is 6.97. The van der Waals surface area contributed by atoms with Crippen molar-refractivity contribution in [2.75, 3.05) is 5.32 Å². The van der Waals surface area contributed by atoms with Crippen LogP contribution in [0.2, 0.25) is 0 Å². The minimum absolute atomic E-state index is 0.0949. The molecular formula is C20H20N2OS. The Kier molecular flexibility index (Phi) is 4.76. The number of benzene rings is 2. The molecule has 0 spiro atoms. The van der Waals surface area contributed by atoms with Crippen molar-refractivity contribution >= 4 is 22.9 Å². The van der Waals surface area contributed by atoms with Crippen LogP contribution in [0.25, 0.3) is 11.3 Å². The molecule has 1 aromatic heterocycles. The van der Waals surface area contributed by atoms with Gasteiger partial charge in [-0.15, -0.1) is 11.3 Å². The first-order valence-corrected chi connectivity index (χ1v) is 8.85. The third kappa shape index (κ3) is 3.71. The number of anilines is 1. The second-order valence-electron chi connectivity index (χ2n) is 6.06. The highest BCUT2D eigenvalue weighted by Crippen LogP contribution is 2.23. The van der Waals surface area contributed by atoms with E-state index >= 15 is 0 Å². The highest BCUT2D eigenvalue weighted by molar-refractivity contribution is 7.09. The molecule has 0 atom stereocenters. The number of hydrogen-bond donors (Lipinski definition) is 1. The quantitative estimate of drug-likeness (QED) is 0.684. The van der Waals surface area contributed by atoms with Gasteiger partial charge in [-0.1, -0.05) is 38.1 Å². The molecule has 3 aromatic rings. The van der Waals surface area contributed by atoms with Crippen molar-refractivity contribution in [1.82, 2.24) is 4.98 Å². The molecule has 1 N–H and O–H groups in total. The van der Waals surface area contributed by atoms with E-state index in [-0.39, 0.29) is 5.91 Å². The molecule has 4 heteroatoms. The van der Waals surface area contributed by atoms with Crippen LogP contribution in [0, 0.1) is 6.92 Å². The largest absolute Gasteiger partial charge is 0.322 e. The van der Waals surface area contributed by atoms with Gasteiger partial charge in [0.1, 0.15) is 0 Å². The van der Waals surface area contributed by atoms with Crippen LogP contribution in [0.3, 0.4) is 0 Å². The summed E-state index contributed by atoms with van der Waals surface area (Å²) in [5.74, 6) is 0.367. The summed E-state index contributed by atoms with van der Waals surface area (Å²) in [5.41, 5.74) is 4.70. The fourth-order valence-corrected chi connectivity index (χ4v) is 3.07. The van der Waals surface area contributed by atoms with E-state index in [0.717, 1.165) is 22.0 Å². The minimum Gasteiger partial charge on any atom is -0.322 e. The highest BCUT2D eigenvalue weighted by atomic mass is 32.1. The van der Waals surface area contributed by atoms with Crippen LogP contribution in [0.15, 0.2) is 53.9 Å². The van der Waals surface area contributed by atoms with Crippen molar-refractivity contribution in [2.24, 2.45) is 0 Å². The van der Waals surface area contributed by atoms with Gasteiger partial charge in [0.05, 0.1) is 10.7 Å². The Bertz CT molecular complexity index is 833. The van der Waals surface area contributed by atoms with Gasteiger partial charge in [0, 0.05) is 22.2 Å². The third-order valence-electron chi connectivity index (χ3n) is 3.90. The number of nitrogens with one attached hydrogen (secondary N) is 1. The van der Waals surface area contributed by atoms with Gasteiger partial charge in [0.2, 0.25) is 0 Å². The van der Waals surface area contributed by atoms with E-state index in [1.807, 2.05) is 60.8 Å². The normalized spacial score (nSPS) is 10.8. The number of carbonyl (C=O) groups is 1. The van der Waals surface area contributed by atoms with Crippen molar-refractivity contribution < 1.29 is 4.79 Å². The van der Waals surface area contributed by atoms with Gasteiger partial charge in [0.15, 0.2) is 0 Å². The number of carbonyl (C=O) groups excluding carboxylic acids is 1. The van der Waals surface area contributed by atoms with Crippen LogP contribution in [0.4, 0.5) is 5.69 Å². The van der Waals surface area contributed by atoms with Gasteiger partial charge in [-0.2, -0.15) is 0 Å². The van der Waals surface area contributed by atoms with Crippen molar-refractivity contribution in [3.63, 3.8) is 0 Å². The number of nitrogens with zero attached hydrogens (tertiary/aromatic N) is 1. The molecule has 3 nitrogen and oxygen atoms in total. The van der Waals surface area contributed by atoms with Gasteiger partial charge in [-0.05, 0) is 42.7 Å². The molecule has 24 heavy (non-hydrogen) atoms. The molecular weight excluding hydrogens is 316 g/mol. The molecule has 0 bridgehead atoms. The van der Waals surface area contributed by atoms with Crippen LogP contribution >= 0.6 is 11.3 Å². The van der Waals surface area contributed by atoms with Crippen LogP contribution < -0.4 is 5.32 Å². The standard InChI is InChI=1S/C20H20N2OS/c1-13(2)15-4-6-17(7-5-15)20(23)22-18-10-8-16(9-11-18)19-12-24-14(3)21-19/h4-13H,1-3H3,(H,22,23). The van der Waals surface area contributed by atoms with E-state index in [2.05, 4.69) is 24.1 Å². The molecule has 1 heterocycles. The highest BCUT2D eigenvalue weighted by Gasteiger charge is 2.08. The maximum Gasteiger partial charge on any atom is 0.255 e. The fraction of sp³-hybridized carbons (Fsp3) is 0.200. The van der Waals surface area contributed by atoms with Crippen LogP contribution in [0.1, 0.15) is 40.7 Å². The summed E-state index contributed by atoms with van der Waals surface area (Å²) in [6, 6.07) is 15.5. The lowest BCUT2D eigenvalue weighted by Crippen LogP contribution is -2.11. The topological polar surface area (TPSA) is 42.0 Å². The zero-order valence-electron chi connectivity index (χ0n) is 14.0. The molecule has 0 aliphatic heterocycles. The number of aryl methyl sites for hydroxylation is 1. The average Bonchev–Trinajstić information content (AvgIpc) is 3.02. The molecule has 122 valence electrons. The predicted molar refractivity (Wildman–Crippen MR) is 101 cm³/mol. The fourth-order valence-electron chi connectivity index (χ4n) is 2.44. The average molecular weight is 336 g/mol. The van der Waals surface area contributed by atoms with Crippen molar-refractivity contribution in [3.05, 3.63) is 70.0 Å². The molecule has 0 radical (unpaired) electrons. The molecule has 0 aliphatic carbocycles. The van der Waals surface area contributed by atoms with Crippen LogP contribution in [0.5, 0.6) is 0 Å². The van der Waals surface area contributed by atoms with Gasteiger partial charge in [-0.3, -0.25) is 4.79 Å². The number of thiazole rings is 1. The number of amides is 1. The summed E-state index contributed by atoms with van der Waals surface area (Å²) in [6.45, 7) is 6.27. The van der Waals surface area contributed by atoms with Crippen LogP contribution in [-0.4, -0.2) is 10.9 Å². The summed E-state index contributed by atoms with van der Waals surface area (Å²) in [7, 11) is 0. The predicted octanol–water partition coefficient (Wildman–Crippen LogP) is 5.49. The number of rotatable bonds is 4. The molecule has 0 unspecified atom stereocenters. The molecule has 0 saturated carbocycles. The summed E-state index contributed by atoms with van der Waals surface area (Å²) in [4.78, 5) is 16.8. The van der Waals surface area contributed by atoms with E-state index in [1.165, 1.54) is 5.56 Å². The summed E-state index contributed by atoms with van der Waals surface area (Å²) in [6.07, 6.45) is 0. The Hall–Kier alpha value is -2.46. The monoisotopic (exact) mass is 336 g/mol. The first-order valence-electron chi connectivity index (χ1n) is 7.97. The Morgan fingerprint density at radius 3 is 2.25 bits per heavy atom. The van der Waals surface area contributed by atoms with Gasteiger partial charge in [0.25, 0.3) is 5.91 Å². The summed E-state index contributed by atoms with van der Waals surface area (Å²) in [5, 5.41) is 6.02.